The fourth-order valence-corrected chi connectivity index (χ4v) is 2.48. The first-order valence-electron chi connectivity index (χ1n) is 8.85. The summed E-state index contributed by atoms with van der Waals surface area (Å²) < 4.78 is 10.7. The smallest absolute Gasteiger partial charge is 0.289 e. The number of benzene rings is 2. The first-order chi connectivity index (χ1) is 13.5. The molecule has 0 bridgehead atoms. The number of ether oxygens (including phenoxy) is 2. The van der Waals surface area contributed by atoms with Crippen molar-refractivity contribution in [2.75, 3.05) is 7.11 Å². The molecule has 1 heterocycles. The van der Waals surface area contributed by atoms with Crippen LogP contribution in [0.2, 0.25) is 0 Å². The number of hydrogen-bond acceptors (Lipinski definition) is 5. The van der Waals surface area contributed by atoms with Gasteiger partial charge in [0.15, 0.2) is 0 Å². The Labute approximate surface area is 163 Å². The van der Waals surface area contributed by atoms with E-state index in [4.69, 9.17) is 9.47 Å². The Bertz CT molecular complexity index is 945. The van der Waals surface area contributed by atoms with Crippen molar-refractivity contribution < 1.29 is 14.3 Å². The van der Waals surface area contributed by atoms with Crippen molar-refractivity contribution >= 4 is 12.1 Å². The number of aromatic amines is 1. The number of hydrogen-bond donors (Lipinski definition) is 2. The second kappa shape index (κ2) is 8.85. The molecule has 0 aliphatic heterocycles. The van der Waals surface area contributed by atoms with Crippen LogP contribution in [0.1, 0.15) is 29.9 Å². The number of H-pyrrole nitrogens is 1. The van der Waals surface area contributed by atoms with Gasteiger partial charge in [-0.05, 0) is 74.0 Å². The number of aromatic nitrogens is 2. The van der Waals surface area contributed by atoms with Crippen molar-refractivity contribution in [2.24, 2.45) is 5.10 Å². The molecular weight excluding hydrogens is 356 g/mol. The molecular formula is C21H22N4O3. The molecule has 3 rings (SSSR count). The molecule has 1 amide bonds. The molecule has 3 aromatic rings. The molecule has 0 saturated carbocycles. The van der Waals surface area contributed by atoms with E-state index in [9.17, 15) is 4.79 Å². The van der Waals surface area contributed by atoms with Crippen LogP contribution in [0.25, 0.3) is 11.3 Å². The van der Waals surface area contributed by atoms with Gasteiger partial charge in [0, 0.05) is 5.56 Å². The zero-order valence-electron chi connectivity index (χ0n) is 16.0. The summed E-state index contributed by atoms with van der Waals surface area (Å²) >= 11 is 0. The Balaban J connectivity index is 1.61. The van der Waals surface area contributed by atoms with Gasteiger partial charge in [-0.3, -0.25) is 9.89 Å². The lowest BCUT2D eigenvalue weighted by Crippen LogP contribution is -2.17. The van der Waals surface area contributed by atoms with E-state index in [1.807, 2.05) is 62.4 Å². The average Bonchev–Trinajstić information content (AvgIpc) is 3.19. The highest BCUT2D eigenvalue weighted by molar-refractivity contribution is 5.94. The quantitative estimate of drug-likeness (QED) is 0.485. The monoisotopic (exact) mass is 378 g/mol. The summed E-state index contributed by atoms with van der Waals surface area (Å²) in [4.78, 5) is 12.2. The number of methoxy groups -OCH3 is 1. The normalized spacial score (nSPS) is 11.0. The Morgan fingerprint density at radius 3 is 2.43 bits per heavy atom. The summed E-state index contributed by atoms with van der Waals surface area (Å²) in [5, 5.41) is 10.9. The molecule has 0 radical (unpaired) electrons. The Morgan fingerprint density at radius 1 is 1.11 bits per heavy atom. The van der Waals surface area contributed by atoms with Gasteiger partial charge in [-0.25, -0.2) is 5.43 Å². The molecule has 2 N–H and O–H groups in total. The van der Waals surface area contributed by atoms with E-state index in [2.05, 4.69) is 20.7 Å². The molecule has 0 aliphatic rings. The van der Waals surface area contributed by atoms with E-state index in [-0.39, 0.29) is 12.0 Å². The molecule has 2 aromatic carbocycles. The van der Waals surface area contributed by atoms with Crippen molar-refractivity contribution in [2.45, 2.75) is 20.0 Å². The van der Waals surface area contributed by atoms with E-state index >= 15 is 0 Å². The summed E-state index contributed by atoms with van der Waals surface area (Å²) in [7, 11) is 1.61. The average molecular weight is 378 g/mol. The Kier molecular flexibility index (Phi) is 6.06. The van der Waals surface area contributed by atoms with Crippen LogP contribution in [0.3, 0.4) is 0 Å². The number of rotatable bonds is 7. The largest absolute Gasteiger partial charge is 0.497 e. The van der Waals surface area contributed by atoms with Gasteiger partial charge < -0.3 is 9.47 Å². The number of carbonyl (C=O) groups is 1. The van der Waals surface area contributed by atoms with Crippen LogP contribution in [0.5, 0.6) is 11.5 Å². The fourth-order valence-electron chi connectivity index (χ4n) is 2.48. The highest BCUT2D eigenvalue weighted by atomic mass is 16.5. The molecule has 0 spiro atoms. The Hall–Kier alpha value is -3.61. The van der Waals surface area contributed by atoms with Gasteiger partial charge in [-0.2, -0.15) is 10.2 Å². The van der Waals surface area contributed by atoms with Crippen LogP contribution in [-0.4, -0.2) is 35.5 Å². The molecule has 7 nitrogen and oxygen atoms in total. The third-order valence-electron chi connectivity index (χ3n) is 3.84. The van der Waals surface area contributed by atoms with Crippen molar-refractivity contribution in [1.29, 1.82) is 0 Å². The topological polar surface area (TPSA) is 88.6 Å². The van der Waals surface area contributed by atoms with Gasteiger partial charge in [0.25, 0.3) is 5.91 Å². The predicted molar refractivity (Wildman–Crippen MR) is 108 cm³/mol. The predicted octanol–water partition coefficient (Wildman–Crippen LogP) is 3.64. The van der Waals surface area contributed by atoms with Gasteiger partial charge in [0.2, 0.25) is 0 Å². The summed E-state index contributed by atoms with van der Waals surface area (Å²) in [6, 6.07) is 16.6. The zero-order chi connectivity index (χ0) is 19.9. The van der Waals surface area contributed by atoms with Crippen molar-refractivity contribution in [3.8, 4) is 22.8 Å². The fraction of sp³-hybridized carbons (Fsp3) is 0.190. The lowest BCUT2D eigenvalue weighted by atomic mass is 10.1. The van der Waals surface area contributed by atoms with E-state index in [0.29, 0.717) is 11.4 Å². The lowest BCUT2D eigenvalue weighted by molar-refractivity contribution is 0.0950. The van der Waals surface area contributed by atoms with E-state index in [1.165, 1.54) is 0 Å². The molecule has 28 heavy (non-hydrogen) atoms. The number of nitrogens with one attached hydrogen (secondary N) is 2. The third kappa shape index (κ3) is 4.97. The molecule has 144 valence electrons. The maximum atomic E-state index is 12.2. The van der Waals surface area contributed by atoms with E-state index in [0.717, 1.165) is 22.6 Å². The van der Waals surface area contributed by atoms with Crippen molar-refractivity contribution in [3.63, 3.8) is 0 Å². The molecule has 0 fully saturated rings. The molecule has 0 unspecified atom stereocenters. The standard InChI is InChI=1S/C21H22N4O3/c1-14(2)28-18-10-6-16(7-11-18)19-12-20(24-23-19)21(26)25-22-13-15-4-8-17(27-3)9-5-15/h4-14H,1-3H3,(H,23,24)(H,25,26)/b22-13+. The Morgan fingerprint density at radius 2 is 1.79 bits per heavy atom. The van der Waals surface area contributed by atoms with Crippen LogP contribution in [0.15, 0.2) is 59.7 Å². The summed E-state index contributed by atoms with van der Waals surface area (Å²) in [5.74, 6) is 1.18. The zero-order valence-corrected chi connectivity index (χ0v) is 16.0. The van der Waals surface area contributed by atoms with Crippen LogP contribution < -0.4 is 14.9 Å². The number of nitrogens with zero attached hydrogens (tertiary/aromatic N) is 2. The summed E-state index contributed by atoms with van der Waals surface area (Å²) in [6.07, 6.45) is 1.67. The lowest BCUT2D eigenvalue weighted by Gasteiger charge is -2.09. The molecule has 7 heteroatoms. The minimum Gasteiger partial charge on any atom is -0.497 e. The molecule has 0 aliphatic carbocycles. The van der Waals surface area contributed by atoms with Crippen LogP contribution in [-0.2, 0) is 0 Å². The van der Waals surface area contributed by atoms with Gasteiger partial charge in [0.05, 0.1) is 25.1 Å². The summed E-state index contributed by atoms with van der Waals surface area (Å²) in [6.45, 7) is 3.95. The van der Waals surface area contributed by atoms with Crippen LogP contribution >= 0.6 is 0 Å². The minimum atomic E-state index is -0.372. The molecule has 0 saturated heterocycles. The number of hydrazone groups is 1. The maximum Gasteiger partial charge on any atom is 0.289 e. The van der Waals surface area contributed by atoms with Crippen LogP contribution in [0, 0.1) is 0 Å². The van der Waals surface area contributed by atoms with Gasteiger partial charge in [-0.15, -0.1) is 0 Å². The first kappa shape index (κ1) is 19.2. The number of carbonyl (C=O) groups excluding carboxylic acids is 1. The highest BCUT2D eigenvalue weighted by Crippen LogP contribution is 2.22. The SMILES string of the molecule is COc1ccc(/C=N/NC(=O)c2cc(-c3ccc(OC(C)C)cc3)n[nH]2)cc1. The second-order valence-corrected chi connectivity index (χ2v) is 6.33. The van der Waals surface area contributed by atoms with Crippen molar-refractivity contribution in [3.05, 3.63) is 65.9 Å². The van der Waals surface area contributed by atoms with Gasteiger partial charge in [-0.1, -0.05) is 0 Å². The highest BCUT2D eigenvalue weighted by Gasteiger charge is 2.10. The third-order valence-corrected chi connectivity index (χ3v) is 3.84. The molecule has 1 aromatic heterocycles. The minimum absolute atomic E-state index is 0.116. The molecule has 0 atom stereocenters. The van der Waals surface area contributed by atoms with Crippen LogP contribution in [0.4, 0.5) is 0 Å². The first-order valence-corrected chi connectivity index (χ1v) is 8.85. The van der Waals surface area contributed by atoms with Crippen molar-refractivity contribution in [1.82, 2.24) is 15.6 Å². The van der Waals surface area contributed by atoms with Gasteiger partial charge in [0.1, 0.15) is 17.2 Å². The van der Waals surface area contributed by atoms with E-state index in [1.54, 1.807) is 19.4 Å². The van der Waals surface area contributed by atoms with Gasteiger partial charge >= 0.3 is 0 Å². The summed E-state index contributed by atoms with van der Waals surface area (Å²) in [5.41, 5.74) is 5.20. The maximum absolute atomic E-state index is 12.2. The van der Waals surface area contributed by atoms with E-state index < -0.39 is 0 Å². The number of amides is 1. The second-order valence-electron chi connectivity index (χ2n) is 6.33.